The van der Waals surface area contributed by atoms with Crippen molar-refractivity contribution in [2.24, 2.45) is 0 Å². The number of aliphatic hydroxyl groups is 1. The average Bonchev–Trinajstić information content (AvgIpc) is 3.39. The Labute approximate surface area is 234 Å². The van der Waals surface area contributed by atoms with Crippen LogP contribution in [0.25, 0.3) is 16.9 Å². The number of hydrogen-bond donors (Lipinski definition) is 1. The van der Waals surface area contributed by atoms with Gasteiger partial charge in [0.15, 0.2) is 23.9 Å². The molecule has 0 aliphatic rings. The van der Waals surface area contributed by atoms with Gasteiger partial charge >= 0.3 is 17.8 Å². The fourth-order valence-electron chi connectivity index (χ4n) is 3.97. The number of nitrogens with zero attached hydrogens (tertiary/aromatic N) is 5. The maximum Gasteiger partial charge on any atom is 0.416 e. The Balaban J connectivity index is 1.84. The van der Waals surface area contributed by atoms with E-state index in [4.69, 9.17) is 27.9 Å². The summed E-state index contributed by atoms with van der Waals surface area (Å²) < 4.78 is 62.1. The minimum atomic E-state index is -5.01. The van der Waals surface area contributed by atoms with E-state index < -0.39 is 49.0 Å². The van der Waals surface area contributed by atoms with E-state index in [9.17, 15) is 32.3 Å². The first-order valence-corrected chi connectivity index (χ1v) is 12.4. The molecule has 0 aliphatic heterocycles. The van der Waals surface area contributed by atoms with Crippen molar-refractivity contribution in [2.45, 2.75) is 45.3 Å². The Hall–Kier alpha value is -3.68. The largest absolute Gasteiger partial charge is 0.455 e. The Morgan fingerprint density at radius 2 is 1.75 bits per heavy atom. The zero-order valence-electron chi connectivity index (χ0n) is 20.9. The standard InChI is InChI=1S/C25H21Cl2F4N5O4/c1-13(40-14(2)37)23-32-20(33-36(23)18-6-4-3-5-17(18)28)12-35-22(27)21(15-7-9-16(26)10-8-15)34(24(35)39)11-19(38)25(29,30)31/h3-10,13,19,38H,11-12H2,1-2H3/t13-,19-/m0/s1. The Kier molecular flexibility index (Phi) is 8.38. The number of benzene rings is 2. The fourth-order valence-corrected chi connectivity index (χ4v) is 4.44. The molecule has 40 heavy (non-hydrogen) atoms. The number of esters is 1. The second-order valence-corrected chi connectivity index (χ2v) is 9.48. The van der Waals surface area contributed by atoms with Gasteiger partial charge < -0.3 is 9.84 Å². The Morgan fingerprint density at radius 1 is 1.10 bits per heavy atom. The first kappa shape index (κ1) is 29.3. The molecular weight excluding hydrogens is 581 g/mol. The number of carbonyl (C=O) groups excluding carboxylic acids is 1. The second-order valence-electron chi connectivity index (χ2n) is 8.68. The lowest BCUT2D eigenvalue weighted by Gasteiger charge is -2.16. The van der Waals surface area contributed by atoms with E-state index in [-0.39, 0.29) is 33.7 Å². The van der Waals surface area contributed by atoms with Crippen molar-refractivity contribution in [3.63, 3.8) is 0 Å². The molecule has 0 saturated heterocycles. The number of aliphatic hydroxyl groups excluding tert-OH is 1. The summed E-state index contributed by atoms with van der Waals surface area (Å²) in [5, 5.41) is 14.1. The molecule has 0 unspecified atom stereocenters. The van der Waals surface area contributed by atoms with Gasteiger partial charge in [-0.1, -0.05) is 47.5 Å². The third-order valence-electron chi connectivity index (χ3n) is 5.78. The summed E-state index contributed by atoms with van der Waals surface area (Å²) in [4.78, 5) is 29.2. The van der Waals surface area contributed by atoms with Crippen molar-refractivity contribution >= 4 is 29.2 Å². The molecule has 4 aromatic rings. The van der Waals surface area contributed by atoms with Crippen molar-refractivity contribution in [1.29, 1.82) is 0 Å². The molecule has 4 rings (SSSR count). The van der Waals surface area contributed by atoms with Crippen LogP contribution in [-0.4, -0.2) is 47.3 Å². The normalized spacial score (nSPS) is 13.3. The van der Waals surface area contributed by atoms with Crippen molar-refractivity contribution in [3.8, 4) is 16.9 Å². The summed E-state index contributed by atoms with van der Waals surface area (Å²) in [6.45, 7) is 1.07. The highest BCUT2D eigenvalue weighted by Crippen LogP contribution is 2.31. The molecule has 0 aliphatic carbocycles. The number of para-hydroxylation sites is 1. The van der Waals surface area contributed by atoms with Crippen LogP contribution < -0.4 is 5.69 Å². The van der Waals surface area contributed by atoms with E-state index in [0.29, 0.717) is 9.59 Å². The molecule has 15 heteroatoms. The number of imidazole rings is 1. The second kappa shape index (κ2) is 11.4. The molecule has 0 amide bonds. The van der Waals surface area contributed by atoms with Gasteiger partial charge in [-0.2, -0.15) is 13.2 Å². The number of hydrogen-bond acceptors (Lipinski definition) is 6. The predicted octanol–water partition coefficient (Wildman–Crippen LogP) is 4.94. The topological polar surface area (TPSA) is 104 Å². The number of alkyl halides is 3. The maximum absolute atomic E-state index is 14.6. The number of aromatic nitrogens is 5. The van der Waals surface area contributed by atoms with Crippen molar-refractivity contribution in [3.05, 3.63) is 86.7 Å². The van der Waals surface area contributed by atoms with Crippen LogP contribution in [0.5, 0.6) is 0 Å². The average molecular weight is 602 g/mol. The zero-order valence-corrected chi connectivity index (χ0v) is 22.4. The van der Waals surface area contributed by atoms with E-state index in [1.165, 1.54) is 56.3 Å². The molecule has 0 radical (unpaired) electrons. The molecule has 0 fully saturated rings. The lowest BCUT2D eigenvalue weighted by molar-refractivity contribution is -0.207. The number of carbonyl (C=O) groups is 1. The first-order valence-electron chi connectivity index (χ1n) is 11.7. The van der Waals surface area contributed by atoms with Crippen LogP contribution in [0.15, 0.2) is 53.3 Å². The molecule has 0 saturated carbocycles. The summed E-state index contributed by atoms with van der Waals surface area (Å²) in [6.07, 6.45) is -8.85. The molecule has 212 valence electrons. The summed E-state index contributed by atoms with van der Waals surface area (Å²) in [6, 6.07) is 11.4. The molecule has 9 nitrogen and oxygen atoms in total. The van der Waals surface area contributed by atoms with E-state index in [2.05, 4.69) is 10.1 Å². The Bertz CT molecular complexity index is 1600. The summed E-state index contributed by atoms with van der Waals surface area (Å²) >= 11 is 12.5. The van der Waals surface area contributed by atoms with Gasteiger partial charge in [0.2, 0.25) is 0 Å². The van der Waals surface area contributed by atoms with Crippen molar-refractivity contribution < 1.29 is 32.2 Å². The predicted molar refractivity (Wildman–Crippen MR) is 137 cm³/mol. The van der Waals surface area contributed by atoms with Crippen LogP contribution in [0.1, 0.15) is 31.6 Å². The molecule has 2 atom stereocenters. The first-order chi connectivity index (χ1) is 18.8. The van der Waals surface area contributed by atoms with Gasteiger partial charge in [-0.15, -0.1) is 5.10 Å². The molecule has 2 aromatic carbocycles. The number of halogens is 6. The maximum atomic E-state index is 14.6. The van der Waals surface area contributed by atoms with Gasteiger partial charge in [0.1, 0.15) is 16.7 Å². The van der Waals surface area contributed by atoms with Gasteiger partial charge in [0.05, 0.1) is 18.8 Å². The van der Waals surface area contributed by atoms with Gasteiger partial charge in [0, 0.05) is 17.5 Å². The van der Waals surface area contributed by atoms with Crippen LogP contribution in [0.4, 0.5) is 17.6 Å². The molecule has 2 aromatic heterocycles. The number of ether oxygens (including phenoxy) is 1. The van der Waals surface area contributed by atoms with Gasteiger partial charge in [-0.25, -0.2) is 18.9 Å². The quantitative estimate of drug-likeness (QED) is 0.227. The molecule has 1 N–H and O–H groups in total. The van der Waals surface area contributed by atoms with Crippen LogP contribution in [0.3, 0.4) is 0 Å². The summed E-state index contributed by atoms with van der Waals surface area (Å²) in [7, 11) is 0. The zero-order chi connectivity index (χ0) is 29.4. The SMILES string of the molecule is CC(=O)O[C@@H](C)c1nc(Cn2c(Cl)c(-c3ccc(Cl)cc3)n(C[C@H](O)C(F)(F)F)c2=O)nn1-c1ccccc1F. The van der Waals surface area contributed by atoms with E-state index in [1.54, 1.807) is 6.07 Å². The molecule has 2 heterocycles. The highest BCUT2D eigenvalue weighted by Gasteiger charge is 2.39. The molecule has 0 spiro atoms. The molecular formula is C25H21Cl2F4N5O4. The minimum absolute atomic E-state index is 0.0179. The third kappa shape index (κ3) is 6.06. The summed E-state index contributed by atoms with van der Waals surface area (Å²) in [5.74, 6) is -1.37. The highest BCUT2D eigenvalue weighted by atomic mass is 35.5. The summed E-state index contributed by atoms with van der Waals surface area (Å²) in [5.41, 5.74) is -0.862. The Morgan fingerprint density at radius 3 is 2.35 bits per heavy atom. The lowest BCUT2D eigenvalue weighted by atomic mass is 10.1. The lowest BCUT2D eigenvalue weighted by Crippen LogP contribution is -2.37. The van der Waals surface area contributed by atoms with Crippen LogP contribution in [0, 0.1) is 5.82 Å². The minimum Gasteiger partial charge on any atom is -0.455 e. The van der Waals surface area contributed by atoms with E-state index in [1.807, 2.05) is 0 Å². The van der Waals surface area contributed by atoms with Gasteiger partial charge in [-0.05, 0) is 31.2 Å². The van der Waals surface area contributed by atoms with E-state index in [0.717, 1.165) is 9.25 Å². The van der Waals surface area contributed by atoms with Gasteiger partial charge in [0.25, 0.3) is 0 Å². The smallest absolute Gasteiger partial charge is 0.416 e. The van der Waals surface area contributed by atoms with Crippen LogP contribution in [0.2, 0.25) is 10.2 Å². The van der Waals surface area contributed by atoms with Crippen molar-refractivity contribution in [2.75, 3.05) is 0 Å². The number of rotatable bonds is 8. The molecule has 0 bridgehead atoms. The van der Waals surface area contributed by atoms with Gasteiger partial charge in [-0.3, -0.25) is 13.9 Å². The monoisotopic (exact) mass is 601 g/mol. The van der Waals surface area contributed by atoms with Crippen LogP contribution in [-0.2, 0) is 22.6 Å². The highest BCUT2D eigenvalue weighted by molar-refractivity contribution is 6.32. The van der Waals surface area contributed by atoms with Crippen LogP contribution >= 0.6 is 23.2 Å². The fraction of sp³-hybridized carbons (Fsp3) is 0.280. The van der Waals surface area contributed by atoms with E-state index >= 15 is 0 Å². The third-order valence-corrected chi connectivity index (χ3v) is 6.41. The van der Waals surface area contributed by atoms with Crippen molar-refractivity contribution in [1.82, 2.24) is 23.9 Å².